The summed E-state index contributed by atoms with van der Waals surface area (Å²) in [4.78, 5) is 29.7. The number of carbonyl (C=O) groups is 2. The summed E-state index contributed by atoms with van der Waals surface area (Å²) in [5.41, 5.74) is 4.43. The van der Waals surface area contributed by atoms with Crippen LogP contribution in [0.3, 0.4) is 0 Å². The lowest BCUT2D eigenvalue weighted by atomic mass is 10.0. The molecule has 0 aliphatic carbocycles. The topological polar surface area (TPSA) is 49.4 Å². The minimum Gasteiger partial charge on any atom is -0.355 e. The van der Waals surface area contributed by atoms with Gasteiger partial charge in [0.2, 0.25) is 11.8 Å². The molecular formula is C29H34N2O2S. The lowest BCUT2D eigenvalue weighted by molar-refractivity contribution is -0.140. The number of amides is 2. The Labute approximate surface area is 207 Å². The van der Waals surface area contributed by atoms with Crippen LogP contribution in [0.1, 0.15) is 35.6 Å². The lowest BCUT2D eigenvalue weighted by Crippen LogP contribution is -2.50. The van der Waals surface area contributed by atoms with Gasteiger partial charge in [-0.25, -0.2) is 0 Å². The van der Waals surface area contributed by atoms with E-state index in [0.29, 0.717) is 31.7 Å². The normalized spacial score (nSPS) is 11.6. The SMILES string of the molecule is CCNC(=O)[C@H](Cc1ccccc1)N(Cc1ccccc1C)C(=O)CCSc1ccc(C)cc1. The van der Waals surface area contributed by atoms with Gasteiger partial charge in [0.15, 0.2) is 0 Å². The molecule has 5 heteroatoms. The Balaban J connectivity index is 1.82. The molecule has 3 aromatic rings. The maximum Gasteiger partial charge on any atom is 0.243 e. The molecule has 1 N–H and O–H groups in total. The summed E-state index contributed by atoms with van der Waals surface area (Å²) in [6.07, 6.45) is 0.852. The molecule has 3 aromatic carbocycles. The van der Waals surface area contributed by atoms with Crippen molar-refractivity contribution in [1.82, 2.24) is 10.2 Å². The molecule has 2 amide bonds. The molecule has 3 rings (SSSR count). The standard InChI is InChI=1S/C29H34N2O2S/c1-4-30-29(33)27(20-24-11-6-5-7-12-24)31(21-25-13-9-8-10-23(25)3)28(32)18-19-34-26-16-14-22(2)15-17-26/h5-17,27H,4,18-21H2,1-3H3,(H,30,33)/t27-/m0/s1. The Morgan fingerprint density at radius 1 is 0.912 bits per heavy atom. The van der Waals surface area contributed by atoms with E-state index in [1.165, 1.54) is 5.56 Å². The molecular weight excluding hydrogens is 440 g/mol. The number of thioether (sulfide) groups is 1. The van der Waals surface area contributed by atoms with Crippen molar-refractivity contribution in [3.05, 3.63) is 101 Å². The van der Waals surface area contributed by atoms with Crippen LogP contribution in [-0.2, 0) is 22.6 Å². The van der Waals surface area contributed by atoms with Crippen molar-refractivity contribution in [2.75, 3.05) is 12.3 Å². The molecule has 0 saturated heterocycles. The van der Waals surface area contributed by atoms with Gasteiger partial charge in [0, 0.05) is 36.6 Å². The van der Waals surface area contributed by atoms with Crippen LogP contribution in [0.5, 0.6) is 0 Å². The van der Waals surface area contributed by atoms with E-state index >= 15 is 0 Å². The third-order valence-corrected chi connectivity index (χ3v) is 6.84. The molecule has 0 aliphatic rings. The van der Waals surface area contributed by atoms with Crippen LogP contribution in [0.2, 0.25) is 0 Å². The molecule has 0 bridgehead atoms. The Morgan fingerprint density at radius 2 is 1.59 bits per heavy atom. The monoisotopic (exact) mass is 474 g/mol. The van der Waals surface area contributed by atoms with Crippen molar-refractivity contribution in [3.8, 4) is 0 Å². The summed E-state index contributed by atoms with van der Waals surface area (Å²) in [6.45, 7) is 6.96. The first-order chi connectivity index (χ1) is 16.5. The fourth-order valence-electron chi connectivity index (χ4n) is 3.85. The first-order valence-electron chi connectivity index (χ1n) is 11.8. The third kappa shape index (κ3) is 7.49. The predicted molar refractivity (Wildman–Crippen MR) is 141 cm³/mol. The van der Waals surface area contributed by atoms with Crippen molar-refractivity contribution >= 4 is 23.6 Å². The van der Waals surface area contributed by atoms with Crippen molar-refractivity contribution in [1.29, 1.82) is 0 Å². The predicted octanol–water partition coefficient (Wildman–Crippen LogP) is 5.56. The zero-order chi connectivity index (χ0) is 24.3. The van der Waals surface area contributed by atoms with Gasteiger partial charge in [-0.3, -0.25) is 9.59 Å². The molecule has 0 aromatic heterocycles. The summed E-state index contributed by atoms with van der Waals surface area (Å²) in [6, 6.07) is 25.7. The number of nitrogens with one attached hydrogen (secondary N) is 1. The Hall–Kier alpha value is -3.05. The van der Waals surface area contributed by atoms with E-state index in [0.717, 1.165) is 21.6 Å². The molecule has 0 unspecified atom stereocenters. The molecule has 0 radical (unpaired) electrons. The Kier molecular flexibility index (Phi) is 9.77. The maximum atomic E-state index is 13.6. The summed E-state index contributed by atoms with van der Waals surface area (Å²) in [5, 5.41) is 2.95. The molecule has 0 fully saturated rings. The van der Waals surface area contributed by atoms with Gasteiger partial charge in [0.05, 0.1) is 0 Å². The largest absolute Gasteiger partial charge is 0.355 e. The number of hydrogen-bond acceptors (Lipinski definition) is 3. The van der Waals surface area contributed by atoms with E-state index in [4.69, 9.17) is 0 Å². The van der Waals surface area contributed by atoms with Crippen LogP contribution in [0.4, 0.5) is 0 Å². The summed E-state index contributed by atoms with van der Waals surface area (Å²) >= 11 is 1.67. The molecule has 4 nitrogen and oxygen atoms in total. The number of nitrogens with zero attached hydrogens (tertiary/aromatic N) is 1. The van der Waals surface area contributed by atoms with Gasteiger partial charge in [0.25, 0.3) is 0 Å². The van der Waals surface area contributed by atoms with Crippen molar-refractivity contribution < 1.29 is 9.59 Å². The van der Waals surface area contributed by atoms with Crippen LogP contribution in [0.15, 0.2) is 83.8 Å². The molecule has 178 valence electrons. The molecule has 34 heavy (non-hydrogen) atoms. The average Bonchev–Trinajstić information content (AvgIpc) is 2.84. The second kappa shape index (κ2) is 13.0. The highest BCUT2D eigenvalue weighted by Crippen LogP contribution is 2.22. The Bertz CT molecular complexity index is 1070. The minimum absolute atomic E-state index is 0.00458. The number of rotatable bonds is 11. The quantitative estimate of drug-likeness (QED) is 0.370. The van der Waals surface area contributed by atoms with E-state index in [2.05, 4.69) is 36.5 Å². The highest BCUT2D eigenvalue weighted by Gasteiger charge is 2.30. The summed E-state index contributed by atoms with van der Waals surface area (Å²) < 4.78 is 0. The highest BCUT2D eigenvalue weighted by atomic mass is 32.2. The van der Waals surface area contributed by atoms with E-state index in [-0.39, 0.29) is 11.8 Å². The molecule has 0 spiro atoms. The first-order valence-corrected chi connectivity index (χ1v) is 12.8. The van der Waals surface area contributed by atoms with Gasteiger partial charge < -0.3 is 10.2 Å². The van der Waals surface area contributed by atoms with Gasteiger partial charge in [-0.05, 0) is 49.6 Å². The zero-order valence-corrected chi connectivity index (χ0v) is 21.1. The minimum atomic E-state index is -0.571. The van der Waals surface area contributed by atoms with Gasteiger partial charge in [0.1, 0.15) is 6.04 Å². The number of benzene rings is 3. The average molecular weight is 475 g/mol. The van der Waals surface area contributed by atoms with Crippen LogP contribution in [-0.4, -0.2) is 35.1 Å². The first kappa shape index (κ1) is 25.6. The second-order valence-corrected chi connectivity index (χ2v) is 9.63. The molecule has 1 atom stereocenters. The van der Waals surface area contributed by atoms with E-state index in [9.17, 15) is 9.59 Å². The Morgan fingerprint density at radius 3 is 2.26 bits per heavy atom. The zero-order valence-electron chi connectivity index (χ0n) is 20.3. The van der Waals surface area contributed by atoms with E-state index in [1.807, 2.05) is 68.4 Å². The second-order valence-electron chi connectivity index (χ2n) is 8.46. The van der Waals surface area contributed by atoms with Gasteiger partial charge in [-0.15, -0.1) is 11.8 Å². The summed E-state index contributed by atoms with van der Waals surface area (Å²) in [7, 11) is 0. The van der Waals surface area contributed by atoms with Crippen molar-refractivity contribution in [3.63, 3.8) is 0 Å². The van der Waals surface area contributed by atoms with Crippen molar-refractivity contribution in [2.45, 2.75) is 51.1 Å². The summed E-state index contributed by atoms with van der Waals surface area (Å²) in [5.74, 6) is 0.550. The van der Waals surface area contributed by atoms with Crippen LogP contribution in [0, 0.1) is 13.8 Å². The lowest BCUT2D eigenvalue weighted by Gasteiger charge is -2.32. The van der Waals surface area contributed by atoms with Gasteiger partial charge in [-0.2, -0.15) is 0 Å². The number of likely N-dealkylation sites (N-methyl/N-ethyl adjacent to an activating group) is 1. The maximum absolute atomic E-state index is 13.6. The van der Waals surface area contributed by atoms with Crippen molar-refractivity contribution in [2.24, 2.45) is 0 Å². The fourth-order valence-corrected chi connectivity index (χ4v) is 4.69. The molecule has 0 aliphatic heterocycles. The number of carbonyl (C=O) groups excluding carboxylic acids is 2. The van der Waals surface area contributed by atoms with Crippen LogP contribution < -0.4 is 5.32 Å². The van der Waals surface area contributed by atoms with Crippen LogP contribution in [0.25, 0.3) is 0 Å². The van der Waals surface area contributed by atoms with E-state index in [1.54, 1.807) is 16.7 Å². The number of aryl methyl sites for hydroxylation is 2. The smallest absolute Gasteiger partial charge is 0.243 e. The van der Waals surface area contributed by atoms with E-state index < -0.39 is 6.04 Å². The highest BCUT2D eigenvalue weighted by molar-refractivity contribution is 7.99. The fraction of sp³-hybridized carbons (Fsp3) is 0.310. The number of hydrogen-bond donors (Lipinski definition) is 1. The third-order valence-electron chi connectivity index (χ3n) is 5.83. The molecule has 0 heterocycles. The van der Waals surface area contributed by atoms with Crippen LogP contribution >= 0.6 is 11.8 Å². The van der Waals surface area contributed by atoms with Gasteiger partial charge in [-0.1, -0.05) is 72.3 Å². The molecule has 0 saturated carbocycles. The van der Waals surface area contributed by atoms with Gasteiger partial charge >= 0.3 is 0 Å².